The highest BCUT2D eigenvalue weighted by Gasteiger charge is 2.21. The topological polar surface area (TPSA) is 53.6 Å². The number of rotatable bonds is 6. The number of benzene rings is 2. The fourth-order valence-corrected chi connectivity index (χ4v) is 2.95. The van der Waals surface area contributed by atoms with Gasteiger partial charge in [0.2, 0.25) is 0 Å². The highest BCUT2D eigenvalue weighted by molar-refractivity contribution is 5.81. The van der Waals surface area contributed by atoms with Crippen LogP contribution in [0.3, 0.4) is 0 Å². The highest BCUT2D eigenvalue weighted by Crippen LogP contribution is 2.24. The van der Waals surface area contributed by atoms with Crippen molar-refractivity contribution in [2.24, 2.45) is 0 Å². The number of nitrogens with zero attached hydrogens (tertiary/aromatic N) is 1. The number of nitrogens with one attached hydrogen (secondary N) is 2. The lowest BCUT2D eigenvalue weighted by atomic mass is 10.1. The molecule has 2 N–H and O–H groups in total. The highest BCUT2D eigenvalue weighted by atomic mass is 16.5. The number of carbonyl (C=O) groups excluding carboxylic acids is 1. The van der Waals surface area contributed by atoms with Gasteiger partial charge in [-0.1, -0.05) is 30.3 Å². The lowest BCUT2D eigenvalue weighted by Crippen LogP contribution is -2.47. The van der Waals surface area contributed by atoms with Gasteiger partial charge in [0.05, 0.1) is 6.61 Å². The molecule has 5 nitrogen and oxygen atoms in total. The van der Waals surface area contributed by atoms with Crippen LogP contribution in [0.4, 0.5) is 11.4 Å². The molecule has 1 aliphatic rings. The van der Waals surface area contributed by atoms with Crippen molar-refractivity contribution < 1.29 is 9.53 Å². The summed E-state index contributed by atoms with van der Waals surface area (Å²) in [5.74, 6) is -0.0595. The van der Waals surface area contributed by atoms with E-state index in [4.69, 9.17) is 4.74 Å². The molecule has 2 aromatic carbocycles. The van der Waals surface area contributed by atoms with Crippen LogP contribution in [0, 0.1) is 0 Å². The van der Waals surface area contributed by atoms with Crippen LogP contribution in [-0.4, -0.2) is 38.3 Å². The van der Waals surface area contributed by atoms with Gasteiger partial charge in [-0.3, -0.25) is 4.79 Å². The van der Waals surface area contributed by atoms with Gasteiger partial charge in [-0.05, 0) is 36.8 Å². The first-order valence-electron chi connectivity index (χ1n) is 8.79. The monoisotopic (exact) mass is 339 g/mol. The Balaban J connectivity index is 1.59. The van der Waals surface area contributed by atoms with Crippen molar-refractivity contribution in [1.82, 2.24) is 10.6 Å². The first-order chi connectivity index (χ1) is 12.3. The first kappa shape index (κ1) is 17.5. The van der Waals surface area contributed by atoms with Crippen LogP contribution < -0.4 is 15.5 Å². The summed E-state index contributed by atoms with van der Waals surface area (Å²) >= 11 is 0. The summed E-state index contributed by atoms with van der Waals surface area (Å²) < 4.78 is 5.46. The molecule has 0 aliphatic carbocycles. The Hall–Kier alpha value is -2.37. The van der Waals surface area contributed by atoms with Crippen LogP contribution >= 0.6 is 0 Å². The van der Waals surface area contributed by atoms with Crippen molar-refractivity contribution in [3.05, 3.63) is 60.2 Å². The van der Waals surface area contributed by atoms with E-state index >= 15 is 0 Å². The minimum atomic E-state index is -0.387. The van der Waals surface area contributed by atoms with Crippen molar-refractivity contribution in [2.45, 2.75) is 19.6 Å². The van der Waals surface area contributed by atoms with E-state index in [0.717, 1.165) is 24.3 Å². The van der Waals surface area contributed by atoms with Gasteiger partial charge in [0.15, 0.2) is 0 Å². The fraction of sp³-hybridized carbons (Fsp3) is 0.350. The summed E-state index contributed by atoms with van der Waals surface area (Å²) in [6, 6.07) is 18.6. The van der Waals surface area contributed by atoms with Crippen LogP contribution in [0.25, 0.3) is 0 Å². The zero-order valence-electron chi connectivity index (χ0n) is 14.6. The largest absolute Gasteiger partial charge is 0.366 e. The number of anilines is 2. The van der Waals surface area contributed by atoms with Gasteiger partial charge in [-0.25, -0.2) is 0 Å². The second-order valence-electron chi connectivity index (χ2n) is 6.03. The summed E-state index contributed by atoms with van der Waals surface area (Å²) in [6.07, 6.45) is -0.387. The van der Waals surface area contributed by atoms with Crippen molar-refractivity contribution in [1.29, 1.82) is 0 Å². The standard InChI is InChI=1S/C20H25N3O2/c1-2-23(17-6-4-3-5-7-17)18-10-8-16(9-11-18)14-22-20(24)19-15-21-12-13-25-19/h3-11,19,21H,2,12-15H2,1H3,(H,22,24). The summed E-state index contributed by atoms with van der Waals surface area (Å²) in [5.41, 5.74) is 3.39. The molecule has 0 saturated carbocycles. The number of morpholine rings is 1. The Morgan fingerprint density at radius 2 is 1.88 bits per heavy atom. The van der Waals surface area contributed by atoms with Gasteiger partial charge in [-0.15, -0.1) is 0 Å². The Morgan fingerprint density at radius 1 is 1.16 bits per heavy atom. The molecule has 1 amide bonds. The third kappa shape index (κ3) is 4.59. The van der Waals surface area contributed by atoms with Gasteiger partial charge >= 0.3 is 0 Å². The van der Waals surface area contributed by atoms with Gasteiger partial charge in [0, 0.05) is 37.6 Å². The summed E-state index contributed by atoms with van der Waals surface area (Å²) in [4.78, 5) is 14.3. The van der Waals surface area contributed by atoms with E-state index in [9.17, 15) is 4.79 Å². The molecule has 1 fully saturated rings. The van der Waals surface area contributed by atoms with E-state index in [1.54, 1.807) is 0 Å². The molecule has 1 heterocycles. The molecule has 5 heteroatoms. The summed E-state index contributed by atoms with van der Waals surface area (Å²) in [5, 5.41) is 6.11. The van der Waals surface area contributed by atoms with Gasteiger partial charge < -0.3 is 20.3 Å². The Morgan fingerprint density at radius 3 is 2.52 bits per heavy atom. The number of para-hydroxylation sites is 1. The lowest BCUT2D eigenvalue weighted by molar-refractivity contribution is -0.134. The molecule has 132 valence electrons. The third-order valence-electron chi connectivity index (χ3n) is 4.32. The first-order valence-corrected chi connectivity index (χ1v) is 8.79. The minimum absolute atomic E-state index is 0.0595. The van der Waals surface area contributed by atoms with Crippen LogP contribution in [0.2, 0.25) is 0 Å². The molecular formula is C20H25N3O2. The van der Waals surface area contributed by atoms with Crippen molar-refractivity contribution in [3.8, 4) is 0 Å². The summed E-state index contributed by atoms with van der Waals surface area (Å²) in [6.45, 7) is 5.51. The Kier molecular flexibility index (Phi) is 6.04. The van der Waals surface area contributed by atoms with E-state index in [0.29, 0.717) is 19.7 Å². The van der Waals surface area contributed by atoms with Crippen LogP contribution in [0.5, 0.6) is 0 Å². The zero-order valence-corrected chi connectivity index (χ0v) is 14.6. The maximum absolute atomic E-state index is 12.1. The number of ether oxygens (including phenoxy) is 1. The van der Waals surface area contributed by atoms with Crippen LogP contribution in [0.1, 0.15) is 12.5 Å². The van der Waals surface area contributed by atoms with Gasteiger partial charge in [-0.2, -0.15) is 0 Å². The fourth-order valence-electron chi connectivity index (χ4n) is 2.95. The quantitative estimate of drug-likeness (QED) is 0.849. The molecular weight excluding hydrogens is 314 g/mol. The van der Waals surface area contributed by atoms with E-state index in [-0.39, 0.29) is 12.0 Å². The molecule has 0 radical (unpaired) electrons. The predicted molar refractivity (Wildman–Crippen MR) is 100 cm³/mol. The van der Waals surface area contributed by atoms with E-state index in [1.807, 2.05) is 18.2 Å². The zero-order chi connectivity index (χ0) is 17.5. The van der Waals surface area contributed by atoms with Crippen molar-refractivity contribution in [2.75, 3.05) is 31.1 Å². The van der Waals surface area contributed by atoms with E-state index < -0.39 is 0 Å². The second kappa shape index (κ2) is 8.65. The molecule has 2 aromatic rings. The number of hydrogen-bond donors (Lipinski definition) is 2. The molecule has 0 bridgehead atoms. The summed E-state index contributed by atoms with van der Waals surface area (Å²) in [7, 11) is 0. The average molecular weight is 339 g/mol. The van der Waals surface area contributed by atoms with E-state index in [2.05, 4.69) is 58.9 Å². The average Bonchev–Trinajstić information content (AvgIpc) is 2.69. The van der Waals surface area contributed by atoms with Gasteiger partial charge in [0.1, 0.15) is 6.10 Å². The maximum atomic E-state index is 12.1. The Labute approximate surface area is 149 Å². The van der Waals surface area contributed by atoms with E-state index in [1.165, 1.54) is 5.69 Å². The molecule has 0 spiro atoms. The Bertz CT molecular complexity index is 667. The molecule has 3 rings (SSSR count). The normalized spacial score (nSPS) is 17.1. The molecule has 1 atom stereocenters. The van der Waals surface area contributed by atoms with Gasteiger partial charge in [0.25, 0.3) is 5.91 Å². The number of amides is 1. The smallest absolute Gasteiger partial charge is 0.250 e. The van der Waals surface area contributed by atoms with Crippen LogP contribution in [-0.2, 0) is 16.1 Å². The van der Waals surface area contributed by atoms with Crippen LogP contribution in [0.15, 0.2) is 54.6 Å². The number of hydrogen-bond acceptors (Lipinski definition) is 4. The molecule has 1 aliphatic heterocycles. The predicted octanol–water partition coefficient (Wildman–Crippen LogP) is 2.45. The molecule has 0 aromatic heterocycles. The third-order valence-corrected chi connectivity index (χ3v) is 4.32. The SMILES string of the molecule is CCN(c1ccccc1)c1ccc(CNC(=O)C2CNCCO2)cc1. The molecule has 1 saturated heterocycles. The van der Waals surface area contributed by atoms with Crippen molar-refractivity contribution >= 4 is 17.3 Å². The second-order valence-corrected chi connectivity index (χ2v) is 6.03. The van der Waals surface area contributed by atoms with Crippen molar-refractivity contribution in [3.63, 3.8) is 0 Å². The molecule has 25 heavy (non-hydrogen) atoms. The number of carbonyl (C=O) groups is 1. The maximum Gasteiger partial charge on any atom is 0.250 e. The molecule has 1 unspecified atom stereocenters. The lowest BCUT2D eigenvalue weighted by Gasteiger charge is -2.24. The minimum Gasteiger partial charge on any atom is -0.366 e.